The number of fused-ring (bicyclic) bond motifs is 7. The molecule has 0 radical (unpaired) electrons. The summed E-state index contributed by atoms with van der Waals surface area (Å²) in [5.74, 6) is -0.478. The van der Waals surface area contributed by atoms with Crippen LogP contribution in [0.3, 0.4) is 0 Å². The molecule has 0 spiro atoms. The summed E-state index contributed by atoms with van der Waals surface area (Å²) in [4.78, 5) is 23.4. The predicted octanol–water partition coefficient (Wildman–Crippen LogP) is 2.40. The average molecular weight is 298 g/mol. The molecule has 0 fully saturated rings. The SMILES string of the molecule is O=C1Cc2ccc(cc2)Oc2cc(ccc2O)CCOC1=O. The molecule has 4 rings (SSSR count). The zero-order valence-electron chi connectivity index (χ0n) is 11.7. The number of phenolic OH excluding ortho intramolecular Hbond substituents is 1. The van der Waals surface area contributed by atoms with Crippen LogP contribution in [0.4, 0.5) is 0 Å². The molecule has 2 aromatic carbocycles. The van der Waals surface area contributed by atoms with Crippen LogP contribution in [0.15, 0.2) is 42.5 Å². The van der Waals surface area contributed by atoms with E-state index in [1.165, 1.54) is 6.07 Å². The summed E-state index contributed by atoms with van der Waals surface area (Å²) in [6.07, 6.45) is 0.433. The largest absolute Gasteiger partial charge is 0.504 e. The Morgan fingerprint density at radius 1 is 0.955 bits per heavy atom. The van der Waals surface area contributed by atoms with Gasteiger partial charge in [0, 0.05) is 12.8 Å². The van der Waals surface area contributed by atoms with E-state index in [1.54, 1.807) is 36.4 Å². The highest BCUT2D eigenvalue weighted by Crippen LogP contribution is 2.32. The number of carbonyl (C=O) groups excluding carboxylic acids is 2. The van der Waals surface area contributed by atoms with Gasteiger partial charge < -0.3 is 14.6 Å². The first kappa shape index (κ1) is 14.1. The van der Waals surface area contributed by atoms with Gasteiger partial charge in [-0.1, -0.05) is 18.2 Å². The smallest absolute Gasteiger partial charge is 0.374 e. The molecule has 0 unspecified atom stereocenters. The Morgan fingerprint density at radius 3 is 2.45 bits per heavy atom. The van der Waals surface area contributed by atoms with Crippen molar-refractivity contribution in [3.8, 4) is 17.2 Å². The van der Waals surface area contributed by atoms with Crippen LogP contribution < -0.4 is 4.74 Å². The minimum Gasteiger partial charge on any atom is -0.504 e. The fourth-order valence-corrected chi connectivity index (χ4v) is 2.20. The molecule has 0 atom stereocenters. The van der Waals surface area contributed by atoms with Crippen molar-refractivity contribution >= 4 is 11.8 Å². The van der Waals surface area contributed by atoms with Gasteiger partial charge in [-0.25, -0.2) is 4.79 Å². The third-order valence-corrected chi connectivity index (χ3v) is 3.39. The first-order valence-corrected chi connectivity index (χ1v) is 6.90. The van der Waals surface area contributed by atoms with Crippen LogP contribution in [0.5, 0.6) is 17.2 Å². The van der Waals surface area contributed by atoms with E-state index in [0.717, 1.165) is 5.56 Å². The maximum atomic E-state index is 11.8. The maximum Gasteiger partial charge on any atom is 0.374 e. The van der Waals surface area contributed by atoms with Crippen LogP contribution in [-0.4, -0.2) is 23.5 Å². The van der Waals surface area contributed by atoms with E-state index in [9.17, 15) is 14.7 Å². The number of aromatic hydroxyl groups is 1. The molecule has 1 N–H and O–H groups in total. The van der Waals surface area contributed by atoms with Gasteiger partial charge in [0.05, 0.1) is 6.61 Å². The summed E-state index contributed by atoms with van der Waals surface area (Å²) in [6, 6.07) is 11.7. The van der Waals surface area contributed by atoms with Crippen molar-refractivity contribution in [1.82, 2.24) is 0 Å². The number of hydrogen-bond donors (Lipinski definition) is 1. The quantitative estimate of drug-likeness (QED) is 0.597. The van der Waals surface area contributed by atoms with Crippen molar-refractivity contribution in [2.24, 2.45) is 0 Å². The predicted molar refractivity (Wildman–Crippen MR) is 78.0 cm³/mol. The lowest BCUT2D eigenvalue weighted by Crippen LogP contribution is -2.20. The van der Waals surface area contributed by atoms with Gasteiger partial charge in [0.15, 0.2) is 11.5 Å². The molecule has 0 aliphatic carbocycles. The number of esters is 1. The molecule has 112 valence electrons. The lowest BCUT2D eigenvalue weighted by molar-refractivity contribution is -0.153. The highest BCUT2D eigenvalue weighted by molar-refractivity contribution is 6.34. The zero-order valence-corrected chi connectivity index (χ0v) is 11.7. The first-order chi connectivity index (χ1) is 10.6. The molecule has 4 bridgehead atoms. The van der Waals surface area contributed by atoms with Crippen molar-refractivity contribution in [2.45, 2.75) is 12.8 Å². The first-order valence-electron chi connectivity index (χ1n) is 6.90. The number of phenols is 1. The zero-order chi connectivity index (χ0) is 15.5. The third kappa shape index (κ3) is 3.09. The number of carbonyl (C=O) groups is 2. The number of hydrogen-bond acceptors (Lipinski definition) is 5. The molecule has 5 nitrogen and oxygen atoms in total. The van der Waals surface area contributed by atoms with E-state index in [-0.39, 0.29) is 18.8 Å². The topological polar surface area (TPSA) is 72.8 Å². The summed E-state index contributed by atoms with van der Waals surface area (Å²) in [5.41, 5.74) is 1.53. The Kier molecular flexibility index (Phi) is 3.78. The Labute approximate surface area is 127 Å². The lowest BCUT2D eigenvalue weighted by atomic mass is 10.1. The Hall–Kier alpha value is -2.82. The fraction of sp³-hybridized carbons (Fsp3) is 0.176. The van der Waals surface area contributed by atoms with Crippen LogP contribution in [-0.2, 0) is 27.2 Å². The molecule has 0 amide bonds. The minimum atomic E-state index is -0.823. The van der Waals surface area contributed by atoms with E-state index in [1.807, 2.05) is 0 Å². The normalized spacial score (nSPS) is 14.9. The fourth-order valence-electron chi connectivity index (χ4n) is 2.20. The number of Topliss-reactive ketones (excluding diaryl/α,β-unsaturated/α-hetero) is 1. The van der Waals surface area contributed by atoms with Crippen LogP contribution >= 0.6 is 0 Å². The molecular weight excluding hydrogens is 284 g/mol. The second kappa shape index (κ2) is 5.89. The van der Waals surface area contributed by atoms with Crippen molar-refractivity contribution in [2.75, 3.05) is 6.61 Å². The van der Waals surface area contributed by atoms with Gasteiger partial charge in [-0.15, -0.1) is 0 Å². The molecule has 0 aromatic heterocycles. The summed E-state index contributed by atoms with van der Waals surface area (Å²) in [7, 11) is 0. The second-order valence-corrected chi connectivity index (χ2v) is 5.03. The molecule has 0 saturated carbocycles. The number of rotatable bonds is 0. The van der Waals surface area contributed by atoms with E-state index in [2.05, 4.69) is 0 Å². The Morgan fingerprint density at radius 2 is 1.68 bits per heavy atom. The summed E-state index contributed by atoms with van der Waals surface area (Å²) in [6.45, 7) is 0.104. The van der Waals surface area contributed by atoms with Gasteiger partial charge >= 0.3 is 5.97 Å². The van der Waals surface area contributed by atoms with Gasteiger partial charge in [0.1, 0.15) is 5.75 Å². The molecular formula is C17H14O5. The van der Waals surface area contributed by atoms with Gasteiger partial charge in [0.25, 0.3) is 0 Å². The van der Waals surface area contributed by atoms with Crippen LogP contribution in [0.1, 0.15) is 11.1 Å². The van der Waals surface area contributed by atoms with E-state index >= 15 is 0 Å². The third-order valence-electron chi connectivity index (χ3n) is 3.39. The molecule has 22 heavy (non-hydrogen) atoms. The maximum absolute atomic E-state index is 11.8. The van der Waals surface area contributed by atoms with Gasteiger partial charge in [-0.2, -0.15) is 0 Å². The lowest BCUT2D eigenvalue weighted by Gasteiger charge is -2.11. The number of ether oxygens (including phenoxy) is 2. The number of benzene rings is 2. The minimum absolute atomic E-state index is 0.00431. The van der Waals surface area contributed by atoms with Crippen LogP contribution in [0, 0.1) is 0 Å². The number of ketones is 1. The molecule has 0 saturated heterocycles. The molecule has 2 aliphatic heterocycles. The van der Waals surface area contributed by atoms with E-state index < -0.39 is 11.8 Å². The summed E-state index contributed by atoms with van der Waals surface area (Å²) >= 11 is 0. The van der Waals surface area contributed by atoms with Gasteiger partial charge in [0.2, 0.25) is 5.78 Å². The van der Waals surface area contributed by atoms with E-state index in [4.69, 9.17) is 9.47 Å². The summed E-state index contributed by atoms with van der Waals surface area (Å²) < 4.78 is 10.6. The van der Waals surface area contributed by atoms with E-state index in [0.29, 0.717) is 23.5 Å². The molecule has 2 aliphatic rings. The van der Waals surface area contributed by atoms with Crippen molar-refractivity contribution in [3.05, 3.63) is 53.6 Å². The van der Waals surface area contributed by atoms with Gasteiger partial charge in [-0.3, -0.25) is 4.79 Å². The van der Waals surface area contributed by atoms with Crippen LogP contribution in [0.2, 0.25) is 0 Å². The Balaban J connectivity index is 1.97. The van der Waals surface area contributed by atoms with Gasteiger partial charge in [-0.05, 0) is 35.4 Å². The monoisotopic (exact) mass is 298 g/mol. The standard InChI is InChI=1S/C17H14O5/c18-14-6-3-12-7-8-21-17(20)15(19)9-11-1-4-13(5-2-11)22-16(14)10-12/h1-6,10,18H,7-9H2. The Bertz CT molecular complexity index is 718. The second-order valence-electron chi connectivity index (χ2n) is 5.03. The average Bonchev–Trinajstić information content (AvgIpc) is 2.51. The highest BCUT2D eigenvalue weighted by atomic mass is 16.5. The van der Waals surface area contributed by atoms with Crippen molar-refractivity contribution in [3.63, 3.8) is 0 Å². The highest BCUT2D eigenvalue weighted by Gasteiger charge is 2.17. The van der Waals surface area contributed by atoms with Crippen molar-refractivity contribution < 1.29 is 24.2 Å². The van der Waals surface area contributed by atoms with Crippen molar-refractivity contribution in [1.29, 1.82) is 0 Å². The molecule has 5 heteroatoms. The molecule has 2 aromatic rings. The summed E-state index contributed by atoms with van der Waals surface area (Å²) in [5, 5.41) is 9.86. The van der Waals surface area contributed by atoms with Crippen LogP contribution in [0.25, 0.3) is 0 Å². The molecule has 2 heterocycles.